The molecule has 0 bridgehead atoms. The van der Waals surface area contributed by atoms with Crippen LogP contribution in [0.15, 0.2) is 15.8 Å². The lowest BCUT2D eigenvalue weighted by atomic mass is 10.2. The lowest BCUT2D eigenvalue weighted by Crippen LogP contribution is -2.40. The highest BCUT2D eigenvalue weighted by Crippen LogP contribution is 2.27. The van der Waals surface area contributed by atoms with E-state index in [-0.39, 0.29) is 6.42 Å². The molecule has 0 saturated carbocycles. The van der Waals surface area contributed by atoms with Crippen LogP contribution in [-0.4, -0.2) is 38.2 Å². The van der Waals surface area contributed by atoms with Crippen LogP contribution < -0.4 is 11.2 Å². The fourth-order valence-electron chi connectivity index (χ4n) is 1.91. The van der Waals surface area contributed by atoms with Crippen molar-refractivity contribution in [2.75, 3.05) is 6.61 Å². The molecule has 0 aromatic carbocycles. The van der Waals surface area contributed by atoms with E-state index in [9.17, 15) is 19.1 Å². The van der Waals surface area contributed by atoms with Crippen molar-refractivity contribution in [1.29, 1.82) is 0 Å². The Morgan fingerprint density at radius 2 is 2.22 bits per heavy atom. The van der Waals surface area contributed by atoms with Gasteiger partial charge in [-0.3, -0.25) is 13.9 Å². The molecule has 2 heterocycles. The number of halogens is 1. The molecule has 0 radical (unpaired) electrons. The van der Waals surface area contributed by atoms with Gasteiger partial charge in [-0.15, -0.1) is 0 Å². The van der Waals surface area contributed by atoms with E-state index in [2.05, 4.69) is 0 Å². The summed E-state index contributed by atoms with van der Waals surface area (Å²) in [5.41, 5.74) is -1.76. The second-order valence-corrected chi connectivity index (χ2v) is 4.15. The van der Waals surface area contributed by atoms with Crippen LogP contribution in [0.5, 0.6) is 0 Å². The maximum absolute atomic E-state index is 13.3. The highest BCUT2D eigenvalue weighted by molar-refractivity contribution is 4.92. The highest BCUT2D eigenvalue weighted by atomic mass is 19.1. The molecule has 1 aliphatic rings. The van der Waals surface area contributed by atoms with Gasteiger partial charge in [-0.1, -0.05) is 0 Å². The molecule has 0 aliphatic carbocycles. The fraction of sp³-hybridized carbons (Fsp3) is 0.600. The van der Waals surface area contributed by atoms with E-state index in [1.807, 2.05) is 0 Å². The molecular weight excluding hydrogens is 247 g/mol. The summed E-state index contributed by atoms with van der Waals surface area (Å²) in [6.45, 7) is -0.402. The van der Waals surface area contributed by atoms with Crippen LogP contribution >= 0.6 is 0 Å². The van der Waals surface area contributed by atoms with Crippen LogP contribution in [0.2, 0.25) is 0 Å². The summed E-state index contributed by atoms with van der Waals surface area (Å²) in [5.74, 6) is -1.08. The molecule has 1 aliphatic heterocycles. The van der Waals surface area contributed by atoms with E-state index in [0.29, 0.717) is 4.57 Å². The minimum Gasteiger partial charge on any atom is -0.394 e. The lowest BCUT2D eigenvalue weighted by molar-refractivity contribution is -0.0465. The number of hydrogen-bond acceptors (Lipinski definition) is 5. The largest absolute Gasteiger partial charge is 0.394 e. The van der Waals surface area contributed by atoms with Gasteiger partial charge in [0.1, 0.15) is 12.3 Å². The Morgan fingerprint density at radius 1 is 1.56 bits per heavy atom. The second-order valence-electron chi connectivity index (χ2n) is 4.15. The summed E-state index contributed by atoms with van der Waals surface area (Å²) in [5, 5.41) is 18.5. The molecule has 18 heavy (non-hydrogen) atoms. The van der Waals surface area contributed by atoms with Crippen LogP contribution in [-0.2, 0) is 11.8 Å². The standard InChI is InChI=1S/C10H13FN2O5/c1-12-9(16)5(11)3-13(10(12)17)8-2-6(15)7(4-14)18-8/h3,6-8,14-15H,2,4H2,1H3/t6-,7+,8+/m0/s1. The van der Waals surface area contributed by atoms with Gasteiger partial charge in [-0.2, -0.15) is 4.39 Å². The Hall–Kier alpha value is -1.51. The monoisotopic (exact) mass is 260 g/mol. The maximum atomic E-state index is 13.3. The summed E-state index contributed by atoms with van der Waals surface area (Å²) in [6.07, 6.45) is -1.86. The SMILES string of the molecule is Cn1c(=O)c(F)cn([C@H]2C[C@H](O)[C@@H](CO)O2)c1=O. The Morgan fingerprint density at radius 3 is 2.78 bits per heavy atom. The lowest BCUT2D eigenvalue weighted by Gasteiger charge is -2.15. The Labute approximate surface area is 101 Å². The average molecular weight is 260 g/mol. The summed E-state index contributed by atoms with van der Waals surface area (Å²) in [4.78, 5) is 23.0. The van der Waals surface area contributed by atoms with E-state index < -0.39 is 42.1 Å². The first kappa shape index (κ1) is 12.9. The van der Waals surface area contributed by atoms with E-state index >= 15 is 0 Å². The first-order valence-corrected chi connectivity index (χ1v) is 5.37. The number of nitrogens with zero attached hydrogens (tertiary/aromatic N) is 2. The number of aliphatic hydroxyl groups excluding tert-OH is 2. The van der Waals surface area contributed by atoms with Crippen molar-refractivity contribution in [2.45, 2.75) is 24.9 Å². The minimum absolute atomic E-state index is 0.0444. The molecule has 0 spiro atoms. The molecule has 0 unspecified atom stereocenters. The van der Waals surface area contributed by atoms with Crippen LogP contribution in [0.4, 0.5) is 4.39 Å². The molecule has 2 N–H and O–H groups in total. The van der Waals surface area contributed by atoms with Crippen LogP contribution in [0.3, 0.4) is 0 Å². The van der Waals surface area contributed by atoms with Crippen molar-refractivity contribution >= 4 is 0 Å². The number of ether oxygens (including phenoxy) is 1. The first-order chi connectivity index (χ1) is 8.45. The maximum Gasteiger partial charge on any atom is 0.333 e. The zero-order valence-electron chi connectivity index (χ0n) is 9.62. The fourth-order valence-corrected chi connectivity index (χ4v) is 1.91. The van der Waals surface area contributed by atoms with Gasteiger partial charge in [-0.05, 0) is 0 Å². The van der Waals surface area contributed by atoms with E-state index in [0.717, 1.165) is 17.8 Å². The summed E-state index contributed by atoms with van der Waals surface area (Å²) in [6, 6.07) is 0. The zero-order chi connectivity index (χ0) is 13.4. The summed E-state index contributed by atoms with van der Waals surface area (Å²) < 4.78 is 20.0. The van der Waals surface area contributed by atoms with Crippen LogP contribution in [0.25, 0.3) is 0 Å². The van der Waals surface area contributed by atoms with Gasteiger partial charge in [-0.25, -0.2) is 4.79 Å². The first-order valence-electron chi connectivity index (χ1n) is 5.37. The van der Waals surface area contributed by atoms with E-state index in [4.69, 9.17) is 9.84 Å². The quantitative estimate of drug-likeness (QED) is 0.663. The van der Waals surface area contributed by atoms with E-state index in [1.165, 1.54) is 0 Å². The third kappa shape index (κ3) is 1.98. The number of aromatic nitrogens is 2. The average Bonchev–Trinajstić information content (AvgIpc) is 2.72. The molecule has 1 fully saturated rings. The predicted octanol–water partition coefficient (Wildman–Crippen LogP) is -1.67. The molecule has 8 heteroatoms. The number of aliphatic hydroxyl groups is 2. The Balaban J connectivity index is 2.42. The van der Waals surface area contributed by atoms with Crippen molar-refractivity contribution in [2.24, 2.45) is 7.05 Å². The van der Waals surface area contributed by atoms with Gasteiger partial charge in [0.25, 0.3) is 5.56 Å². The second kappa shape index (κ2) is 4.63. The molecule has 2 rings (SSSR count). The molecule has 7 nitrogen and oxygen atoms in total. The number of hydrogen-bond donors (Lipinski definition) is 2. The smallest absolute Gasteiger partial charge is 0.333 e. The summed E-state index contributed by atoms with van der Waals surface area (Å²) in [7, 11) is 1.15. The van der Waals surface area contributed by atoms with Crippen molar-refractivity contribution in [3.05, 3.63) is 32.9 Å². The van der Waals surface area contributed by atoms with Gasteiger partial charge < -0.3 is 14.9 Å². The topological polar surface area (TPSA) is 93.7 Å². The molecule has 1 aromatic rings. The van der Waals surface area contributed by atoms with Gasteiger partial charge in [0.2, 0.25) is 5.82 Å². The van der Waals surface area contributed by atoms with Crippen molar-refractivity contribution < 1.29 is 19.3 Å². The van der Waals surface area contributed by atoms with Crippen LogP contribution in [0, 0.1) is 5.82 Å². The van der Waals surface area contributed by atoms with Crippen molar-refractivity contribution in [3.8, 4) is 0 Å². The zero-order valence-corrected chi connectivity index (χ0v) is 9.62. The molecule has 1 saturated heterocycles. The third-order valence-corrected chi connectivity index (χ3v) is 2.96. The molecule has 0 amide bonds. The van der Waals surface area contributed by atoms with Crippen LogP contribution in [0.1, 0.15) is 12.6 Å². The number of rotatable bonds is 2. The highest BCUT2D eigenvalue weighted by Gasteiger charge is 2.35. The normalized spacial score (nSPS) is 27.7. The van der Waals surface area contributed by atoms with Gasteiger partial charge >= 0.3 is 5.69 Å². The molecular formula is C10H13FN2O5. The molecule has 3 atom stereocenters. The van der Waals surface area contributed by atoms with Gasteiger partial charge in [0.05, 0.1) is 18.9 Å². The van der Waals surface area contributed by atoms with Crippen molar-refractivity contribution in [1.82, 2.24) is 9.13 Å². The summed E-state index contributed by atoms with van der Waals surface area (Å²) >= 11 is 0. The van der Waals surface area contributed by atoms with Gasteiger partial charge in [0.15, 0.2) is 0 Å². The Kier molecular flexibility index (Phi) is 3.33. The van der Waals surface area contributed by atoms with Gasteiger partial charge in [0, 0.05) is 13.5 Å². The molecule has 1 aromatic heterocycles. The van der Waals surface area contributed by atoms with Crippen molar-refractivity contribution in [3.63, 3.8) is 0 Å². The molecule has 100 valence electrons. The predicted molar refractivity (Wildman–Crippen MR) is 57.5 cm³/mol. The Bertz CT molecular complexity index is 566. The van der Waals surface area contributed by atoms with E-state index in [1.54, 1.807) is 0 Å². The third-order valence-electron chi connectivity index (χ3n) is 2.96. The minimum atomic E-state index is -1.08.